The SMILES string of the molecule is CCC(C)(C)N(C)Cc1nnsc1N. The molecule has 2 N–H and O–H groups in total. The molecule has 1 aromatic rings. The standard InChI is InChI=1S/C9H18N4S/c1-5-9(2,3)13(4)6-7-8(10)14-12-11-7/h5-6,10H2,1-4H3. The van der Waals surface area contributed by atoms with Gasteiger partial charge in [-0.05, 0) is 27.3 Å². The summed E-state index contributed by atoms with van der Waals surface area (Å²) in [6.45, 7) is 7.37. The fraction of sp³-hybridized carbons (Fsp3) is 0.778. The maximum absolute atomic E-state index is 5.74. The van der Waals surface area contributed by atoms with Gasteiger partial charge in [0.15, 0.2) is 0 Å². The van der Waals surface area contributed by atoms with Gasteiger partial charge in [-0.2, -0.15) is 0 Å². The fourth-order valence-electron chi connectivity index (χ4n) is 1.03. The van der Waals surface area contributed by atoms with Crippen molar-refractivity contribution in [1.29, 1.82) is 0 Å². The molecule has 1 aromatic heterocycles. The minimum Gasteiger partial charge on any atom is -0.388 e. The lowest BCUT2D eigenvalue weighted by molar-refractivity contribution is 0.141. The minimum absolute atomic E-state index is 0.177. The van der Waals surface area contributed by atoms with Gasteiger partial charge in [0.2, 0.25) is 0 Å². The molecule has 0 radical (unpaired) electrons. The molecule has 0 spiro atoms. The van der Waals surface area contributed by atoms with Crippen molar-refractivity contribution in [2.45, 2.75) is 39.3 Å². The van der Waals surface area contributed by atoms with Gasteiger partial charge in [-0.25, -0.2) is 0 Å². The second-order valence-corrected chi connectivity index (χ2v) is 4.89. The highest BCUT2D eigenvalue weighted by Crippen LogP contribution is 2.21. The molecule has 0 aromatic carbocycles. The van der Waals surface area contributed by atoms with Crippen LogP contribution in [0.5, 0.6) is 0 Å². The summed E-state index contributed by atoms with van der Waals surface area (Å²) in [6.07, 6.45) is 1.10. The highest BCUT2D eigenvalue weighted by Gasteiger charge is 2.22. The molecule has 0 amide bonds. The Balaban J connectivity index is 2.66. The summed E-state index contributed by atoms with van der Waals surface area (Å²) in [5.41, 5.74) is 6.81. The van der Waals surface area contributed by atoms with Crippen LogP contribution in [-0.2, 0) is 6.54 Å². The quantitative estimate of drug-likeness (QED) is 0.829. The van der Waals surface area contributed by atoms with Gasteiger partial charge < -0.3 is 5.73 Å². The smallest absolute Gasteiger partial charge is 0.132 e. The number of rotatable bonds is 4. The Morgan fingerprint density at radius 1 is 1.50 bits per heavy atom. The summed E-state index contributed by atoms with van der Waals surface area (Å²) in [5, 5.41) is 4.73. The summed E-state index contributed by atoms with van der Waals surface area (Å²) in [6, 6.07) is 0. The molecule has 0 unspecified atom stereocenters. The van der Waals surface area contributed by atoms with E-state index < -0.39 is 0 Å². The Hall–Kier alpha value is -0.680. The predicted molar refractivity (Wildman–Crippen MR) is 60.2 cm³/mol. The topological polar surface area (TPSA) is 55.0 Å². The van der Waals surface area contributed by atoms with Crippen LogP contribution in [0.15, 0.2) is 0 Å². The van der Waals surface area contributed by atoms with Gasteiger partial charge in [-0.15, -0.1) is 5.10 Å². The second kappa shape index (κ2) is 4.23. The van der Waals surface area contributed by atoms with Crippen molar-refractivity contribution >= 4 is 16.5 Å². The first-order valence-corrected chi connectivity index (χ1v) is 5.52. The van der Waals surface area contributed by atoms with E-state index in [1.807, 2.05) is 0 Å². The Labute approximate surface area is 89.3 Å². The van der Waals surface area contributed by atoms with Crippen LogP contribution in [0, 0.1) is 0 Å². The molecule has 0 saturated carbocycles. The molecule has 0 aliphatic heterocycles. The van der Waals surface area contributed by atoms with Crippen LogP contribution in [0.4, 0.5) is 5.00 Å². The van der Waals surface area contributed by atoms with E-state index in [4.69, 9.17) is 5.73 Å². The monoisotopic (exact) mass is 214 g/mol. The van der Waals surface area contributed by atoms with Crippen LogP contribution in [0.1, 0.15) is 32.9 Å². The van der Waals surface area contributed by atoms with Gasteiger partial charge in [0, 0.05) is 23.6 Å². The van der Waals surface area contributed by atoms with Gasteiger partial charge >= 0.3 is 0 Å². The summed E-state index contributed by atoms with van der Waals surface area (Å²) in [7, 11) is 2.09. The number of hydrogen-bond donors (Lipinski definition) is 1. The van der Waals surface area contributed by atoms with Gasteiger partial charge in [-0.1, -0.05) is 11.4 Å². The number of nitrogen functional groups attached to an aromatic ring is 1. The average Bonchev–Trinajstić information content (AvgIpc) is 2.52. The van der Waals surface area contributed by atoms with Crippen LogP contribution in [0.3, 0.4) is 0 Å². The third-order valence-electron chi connectivity index (χ3n) is 2.87. The van der Waals surface area contributed by atoms with E-state index in [0.29, 0.717) is 0 Å². The highest BCUT2D eigenvalue weighted by atomic mass is 32.1. The van der Waals surface area contributed by atoms with E-state index in [-0.39, 0.29) is 5.54 Å². The van der Waals surface area contributed by atoms with Crippen LogP contribution < -0.4 is 5.73 Å². The lowest BCUT2D eigenvalue weighted by Gasteiger charge is -2.34. The molecule has 1 heterocycles. The molecule has 4 nitrogen and oxygen atoms in total. The zero-order valence-electron chi connectivity index (χ0n) is 9.24. The van der Waals surface area contributed by atoms with E-state index in [0.717, 1.165) is 23.7 Å². The van der Waals surface area contributed by atoms with Crippen molar-refractivity contribution in [2.24, 2.45) is 0 Å². The fourth-order valence-corrected chi connectivity index (χ4v) is 1.47. The zero-order chi connectivity index (χ0) is 10.8. The number of aromatic nitrogens is 2. The van der Waals surface area contributed by atoms with Crippen LogP contribution in [0.2, 0.25) is 0 Å². The van der Waals surface area contributed by atoms with Crippen LogP contribution in [0.25, 0.3) is 0 Å². The van der Waals surface area contributed by atoms with Crippen molar-refractivity contribution in [3.05, 3.63) is 5.69 Å². The van der Waals surface area contributed by atoms with Crippen molar-refractivity contribution in [2.75, 3.05) is 12.8 Å². The zero-order valence-corrected chi connectivity index (χ0v) is 10.1. The summed E-state index contributed by atoms with van der Waals surface area (Å²) < 4.78 is 3.82. The number of nitrogens with zero attached hydrogens (tertiary/aromatic N) is 3. The summed E-state index contributed by atoms with van der Waals surface area (Å²) in [4.78, 5) is 2.25. The first kappa shape index (κ1) is 11.4. The normalized spacial score (nSPS) is 12.4. The molecule has 0 bridgehead atoms. The highest BCUT2D eigenvalue weighted by molar-refractivity contribution is 7.09. The Morgan fingerprint density at radius 2 is 2.14 bits per heavy atom. The van der Waals surface area contributed by atoms with Gasteiger partial charge in [0.25, 0.3) is 0 Å². The molecule has 0 aliphatic carbocycles. The molecule has 1 rings (SSSR count). The third-order valence-corrected chi connectivity index (χ3v) is 3.47. The molecule has 80 valence electrons. The van der Waals surface area contributed by atoms with E-state index >= 15 is 0 Å². The lowest BCUT2D eigenvalue weighted by Crippen LogP contribution is -2.40. The predicted octanol–water partition coefficient (Wildman–Crippen LogP) is 1.74. The molecule has 14 heavy (non-hydrogen) atoms. The number of hydrogen-bond acceptors (Lipinski definition) is 5. The minimum atomic E-state index is 0.177. The van der Waals surface area contributed by atoms with Crippen molar-refractivity contribution in [3.8, 4) is 0 Å². The maximum Gasteiger partial charge on any atom is 0.132 e. The Kier molecular flexibility index (Phi) is 3.44. The van der Waals surface area contributed by atoms with Gasteiger partial charge in [0.1, 0.15) is 10.7 Å². The second-order valence-electron chi connectivity index (χ2n) is 4.11. The third kappa shape index (κ3) is 2.42. The molecule has 0 atom stereocenters. The Bertz CT molecular complexity index is 295. The van der Waals surface area contributed by atoms with Crippen LogP contribution >= 0.6 is 11.5 Å². The number of anilines is 1. The Morgan fingerprint density at radius 3 is 2.57 bits per heavy atom. The largest absolute Gasteiger partial charge is 0.388 e. The maximum atomic E-state index is 5.74. The summed E-state index contributed by atoms with van der Waals surface area (Å²) >= 11 is 1.25. The first-order chi connectivity index (χ1) is 6.47. The van der Waals surface area contributed by atoms with E-state index in [9.17, 15) is 0 Å². The first-order valence-electron chi connectivity index (χ1n) is 4.75. The molecule has 0 aliphatic rings. The van der Waals surface area contributed by atoms with E-state index in [2.05, 4.69) is 42.3 Å². The van der Waals surface area contributed by atoms with Crippen LogP contribution in [-0.4, -0.2) is 27.1 Å². The van der Waals surface area contributed by atoms with E-state index in [1.54, 1.807) is 0 Å². The van der Waals surface area contributed by atoms with Crippen molar-refractivity contribution in [1.82, 2.24) is 14.5 Å². The van der Waals surface area contributed by atoms with Crippen molar-refractivity contribution < 1.29 is 0 Å². The molecular weight excluding hydrogens is 196 g/mol. The van der Waals surface area contributed by atoms with Gasteiger partial charge in [0.05, 0.1) is 0 Å². The van der Waals surface area contributed by atoms with Crippen molar-refractivity contribution in [3.63, 3.8) is 0 Å². The molecule has 0 saturated heterocycles. The number of nitrogens with two attached hydrogens (primary N) is 1. The molecule has 0 fully saturated rings. The summed E-state index contributed by atoms with van der Waals surface area (Å²) in [5.74, 6) is 0. The molecular formula is C9H18N4S. The van der Waals surface area contributed by atoms with Gasteiger partial charge in [-0.3, -0.25) is 4.90 Å². The molecule has 5 heteroatoms. The van der Waals surface area contributed by atoms with E-state index in [1.165, 1.54) is 11.5 Å². The lowest BCUT2D eigenvalue weighted by atomic mass is 10.00. The average molecular weight is 214 g/mol.